The van der Waals surface area contributed by atoms with Gasteiger partial charge in [-0.1, -0.05) is 31.5 Å². The Kier molecular flexibility index (Phi) is 4.40. The largest absolute Gasteiger partial charge is 0.298 e. The molecule has 104 valence electrons. The number of rotatable bonds is 4. The van der Waals surface area contributed by atoms with Crippen molar-refractivity contribution in [3.05, 3.63) is 30.3 Å². The third-order valence-electron chi connectivity index (χ3n) is 3.81. The summed E-state index contributed by atoms with van der Waals surface area (Å²) in [7, 11) is -3.53. The van der Waals surface area contributed by atoms with Crippen LogP contribution in [0.3, 0.4) is 0 Å². The van der Waals surface area contributed by atoms with Gasteiger partial charge in [-0.3, -0.25) is 4.79 Å². The van der Waals surface area contributed by atoms with E-state index in [1.54, 1.807) is 30.3 Å². The summed E-state index contributed by atoms with van der Waals surface area (Å²) >= 11 is 0. The topological polar surface area (TPSA) is 51.2 Å². The van der Waals surface area contributed by atoms with E-state index < -0.39 is 15.1 Å². The molecule has 1 aromatic rings. The van der Waals surface area contributed by atoms with Gasteiger partial charge >= 0.3 is 0 Å². The average Bonchev–Trinajstić information content (AvgIpc) is 2.40. The Morgan fingerprint density at radius 2 is 1.89 bits per heavy atom. The molecule has 0 heterocycles. The molecule has 1 fully saturated rings. The van der Waals surface area contributed by atoms with Crippen LogP contribution >= 0.6 is 0 Å². The summed E-state index contributed by atoms with van der Waals surface area (Å²) in [6.07, 6.45) is 3.79. The molecule has 0 aliphatic heterocycles. The molecule has 0 radical (unpaired) electrons. The molecule has 3 nitrogen and oxygen atoms in total. The van der Waals surface area contributed by atoms with Crippen molar-refractivity contribution in [2.24, 2.45) is 5.92 Å². The Morgan fingerprint density at radius 1 is 1.21 bits per heavy atom. The maximum atomic E-state index is 12.7. The highest BCUT2D eigenvalue weighted by Crippen LogP contribution is 2.33. The molecule has 0 bridgehead atoms. The molecular weight excluding hydrogens is 260 g/mol. The van der Waals surface area contributed by atoms with Crippen molar-refractivity contribution < 1.29 is 13.2 Å². The fourth-order valence-corrected chi connectivity index (χ4v) is 5.02. The van der Waals surface area contributed by atoms with E-state index in [9.17, 15) is 13.2 Å². The third kappa shape index (κ3) is 2.89. The molecule has 0 aromatic heterocycles. The van der Waals surface area contributed by atoms with Gasteiger partial charge in [0, 0.05) is 6.42 Å². The number of carbonyl (C=O) groups is 1. The Bertz CT molecular complexity index is 532. The number of Topliss-reactive ketones (excluding diaryl/α,β-unsaturated/α-hetero) is 1. The van der Waals surface area contributed by atoms with Crippen LogP contribution in [0.15, 0.2) is 35.2 Å². The number of sulfone groups is 1. The van der Waals surface area contributed by atoms with Crippen molar-refractivity contribution in [2.45, 2.75) is 49.2 Å². The molecule has 19 heavy (non-hydrogen) atoms. The van der Waals surface area contributed by atoms with Gasteiger partial charge in [-0.15, -0.1) is 0 Å². The van der Waals surface area contributed by atoms with Crippen molar-refractivity contribution in [3.8, 4) is 0 Å². The van der Waals surface area contributed by atoms with Crippen LogP contribution in [0, 0.1) is 5.92 Å². The van der Waals surface area contributed by atoms with Crippen molar-refractivity contribution in [2.75, 3.05) is 0 Å². The average molecular weight is 280 g/mol. The van der Waals surface area contributed by atoms with E-state index in [0.717, 1.165) is 25.7 Å². The Labute approximate surface area is 114 Å². The molecule has 0 saturated heterocycles. The van der Waals surface area contributed by atoms with Crippen LogP contribution in [0.2, 0.25) is 0 Å². The molecule has 1 saturated carbocycles. The second kappa shape index (κ2) is 5.87. The van der Waals surface area contributed by atoms with E-state index in [0.29, 0.717) is 6.42 Å². The lowest BCUT2D eigenvalue weighted by atomic mass is 9.85. The lowest BCUT2D eigenvalue weighted by Gasteiger charge is -2.29. The number of hydrogen-bond acceptors (Lipinski definition) is 3. The van der Waals surface area contributed by atoms with Gasteiger partial charge in [-0.2, -0.15) is 0 Å². The zero-order chi connectivity index (χ0) is 13.9. The first-order valence-electron chi connectivity index (χ1n) is 6.89. The second-order valence-electron chi connectivity index (χ2n) is 5.19. The van der Waals surface area contributed by atoms with Crippen LogP contribution in [0.5, 0.6) is 0 Å². The summed E-state index contributed by atoms with van der Waals surface area (Å²) in [6, 6.07) is 8.36. The summed E-state index contributed by atoms with van der Waals surface area (Å²) in [6.45, 7) is 2.03. The van der Waals surface area contributed by atoms with Crippen molar-refractivity contribution in [3.63, 3.8) is 0 Å². The summed E-state index contributed by atoms with van der Waals surface area (Å²) in [5, 5.41) is -0.830. The maximum absolute atomic E-state index is 12.7. The molecule has 2 atom stereocenters. The van der Waals surface area contributed by atoms with Crippen LogP contribution in [0.1, 0.15) is 39.0 Å². The molecule has 1 aliphatic rings. The zero-order valence-corrected chi connectivity index (χ0v) is 12.0. The SMILES string of the molecule is CCC[C@H]1CCCC(=O)[C@@H]1S(=O)(=O)c1ccccc1. The first-order chi connectivity index (χ1) is 9.07. The van der Waals surface area contributed by atoms with E-state index >= 15 is 0 Å². The Morgan fingerprint density at radius 3 is 2.53 bits per heavy atom. The van der Waals surface area contributed by atoms with Gasteiger partial charge in [0.15, 0.2) is 15.6 Å². The first-order valence-corrected chi connectivity index (χ1v) is 8.43. The normalized spacial score (nSPS) is 24.4. The maximum Gasteiger partial charge on any atom is 0.188 e. The van der Waals surface area contributed by atoms with E-state index in [2.05, 4.69) is 0 Å². The van der Waals surface area contributed by atoms with Crippen LogP contribution in [-0.2, 0) is 14.6 Å². The van der Waals surface area contributed by atoms with E-state index in [4.69, 9.17) is 0 Å². The molecule has 0 unspecified atom stereocenters. The fourth-order valence-electron chi connectivity index (χ4n) is 2.94. The number of ketones is 1. The standard InChI is InChI=1S/C15H20O3S/c1-2-7-12-8-6-11-14(16)15(12)19(17,18)13-9-4-3-5-10-13/h3-5,9-10,12,15H,2,6-8,11H2,1H3/t12-,15+/m0/s1. The van der Waals surface area contributed by atoms with Crippen molar-refractivity contribution in [1.29, 1.82) is 0 Å². The van der Waals surface area contributed by atoms with E-state index in [1.807, 2.05) is 6.92 Å². The van der Waals surface area contributed by atoms with Crippen molar-refractivity contribution >= 4 is 15.6 Å². The van der Waals surface area contributed by atoms with E-state index in [-0.39, 0.29) is 16.6 Å². The predicted molar refractivity (Wildman–Crippen MR) is 74.7 cm³/mol. The van der Waals surface area contributed by atoms with Crippen LogP contribution in [0.25, 0.3) is 0 Å². The minimum Gasteiger partial charge on any atom is -0.298 e. The third-order valence-corrected chi connectivity index (χ3v) is 6.05. The molecule has 0 spiro atoms. The second-order valence-corrected chi connectivity index (χ2v) is 7.26. The summed E-state index contributed by atoms with van der Waals surface area (Å²) in [5.74, 6) is -0.120. The first kappa shape index (κ1) is 14.3. The van der Waals surface area contributed by atoms with Gasteiger partial charge in [0.05, 0.1) is 4.90 Å². The summed E-state index contributed by atoms with van der Waals surface area (Å²) in [5.41, 5.74) is 0. The monoisotopic (exact) mass is 280 g/mol. The lowest BCUT2D eigenvalue weighted by Crippen LogP contribution is -2.40. The highest BCUT2D eigenvalue weighted by Gasteiger charge is 2.41. The number of hydrogen-bond donors (Lipinski definition) is 0. The molecule has 1 aromatic carbocycles. The van der Waals surface area contributed by atoms with E-state index in [1.165, 1.54) is 0 Å². The quantitative estimate of drug-likeness (QED) is 0.852. The number of benzene rings is 1. The zero-order valence-electron chi connectivity index (χ0n) is 11.2. The Balaban J connectivity index is 2.38. The smallest absolute Gasteiger partial charge is 0.188 e. The fraction of sp³-hybridized carbons (Fsp3) is 0.533. The summed E-state index contributed by atoms with van der Waals surface area (Å²) in [4.78, 5) is 12.4. The highest BCUT2D eigenvalue weighted by atomic mass is 32.2. The highest BCUT2D eigenvalue weighted by molar-refractivity contribution is 7.92. The van der Waals surface area contributed by atoms with Gasteiger partial charge in [0.2, 0.25) is 0 Å². The lowest BCUT2D eigenvalue weighted by molar-refractivity contribution is -0.121. The molecule has 1 aliphatic carbocycles. The van der Waals surface area contributed by atoms with Crippen LogP contribution < -0.4 is 0 Å². The van der Waals surface area contributed by atoms with Gasteiger partial charge in [0.25, 0.3) is 0 Å². The van der Waals surface area contributed by atoms with Crippen LogP contribution in [-0.4, -0.2) is 19.5 Å². The molecule has 0 amide bonds. The number of carbonyl (C=O) groups excluding carboxylic acids is 1. The molecule has 4 heteroatoms. The van der Waals surface area contributed by atoms with Gasteiger partial charge in [-0.25, -0.2) is 8.42 Å². The predicted octanol–water partition coefficient (Wildman–Crippen LogP) is 3.00. The van der Waals surface area contributed by atoms with Crippen molar-refractivity contribution in [1.82, 2.24) is 0 Å². The molecule has 0 N–H and O–H groups in total. The minimum atomic E-state index is -3.53. The van der Waals surface area contributed by atoms with Gasteiger partial charge in [0.1, 0.15) is 5.25 Å². The molecular formula is C15H20O3S. The summed E-state index contributed by atoms with van der Waals surface area (Å²) < 4.78 is 25.3. The van der Waals surface area contributed by atoms with Gasteiger partial charge < -0.3 is 0 Å². The molecule has 2 rings (SSSR count). The van der Waals surface area contributed by atoms with Crippen LogP contribution in [0.4, 0.5) is 0 Å². The van der Waals surface area contributed by atoms with Gasteiger partial charge in [-0.05, 0) is 37.3 Å². The Hall–Kier alpha value is -1.16. The minimum absolute atomic E-state index is 0.0172.